The first-order valence-corrected chi connectivity index (χ1v) is 8.98. The van der Waals surface area contributed by atoms with Gasteiger partial charge >= 0.3 is 5.97 Å². The molecule has 0 bridgehead atoms. The van der Waals surface area contributed by atoms with E-state index in [1.165, 1.54) is 45.6 Å². The highest BCUT2D eigenvalue weighted by molar-refractivity contribution is 5.74. The molecule has 0 saturated carbocycles. The summed E-state index contributed by atoms with van der Waals surface area (Å²) in [6, 6.07) is 7.79. The van der Waals surface area contributed by atoms with E-state index < -0.39 is 6.10 Å². The first-order valence-electron chi connectivity index (χ1n) is 8.98. The average molecular weight is 320 g/mol. The highest BCUT2D eigenvalue weighted by Crippen LogP contribution is 2.18. The lowest BCUT2D eigenvalue weighted by atomic mass is 10.1. The van der Waals surface area contributed by atoms with Crippen LogP contribution in [-0.2, 0) is 9.53 Å². The molecule has 1 aromatic rings. The maximum absolute atomic E-state index is 11.9. The number of hydrogen-bond acceptors (Lipinski definition) is 3. The molecule has 130 valence electrons. The maximum atomic E-state index is 11.9. The van der Waals surface area contributed by atoms with E-state index in [9.17, 15) is 4.79 Å². The lowest BCUT2D eigenvalue weighted by molar-refractivity contribution is -0.149. The van der Waals surface area contributed by atoms with Gasteiger partial charge in [0.1, 0.15) is 5.75 Å². The van der Waals surface area contributed by atoms with Crippen molar-refractivity contribution in [3.05, 3.63) is 29.8 Å². The molecule has 0 fully saturated rings. The minimum atomic E-state index is -0.498. The number of methoxy groups -OCH3 is 1. The van der Waals surface area contributed by atoms with Crippen LogP contribution >= 0.6 is 0 Å². The third kappa shape index (κ3) is 8.63. The van der Waals surface area contributed by atoms with E-state index in [1.807, 2.05) is 31.2 Å². The van der Waals surface area contributed by atoms with Gasteiger partial charge in [-0.3, -0.25) is 0 Å². The number of aryl methyl sites for hydroxylation is 1. The SMILES string of the molecule is CCCCCCCCCCC(Oc1cccc(C)c1)C(=O)OC. The molecule has 0 amide bonds. The van der Waals surface area contributed by atoms with Gasteiger partial charge in [0.05, 0.1) is 7.11 Å². The molecule has 0 aliphatic rings. The summed E-state index contributed by atoms with van der Waals surface area (Å²) in [7, 11) is 1.42. The molecule has 1 atom stereocenters. The van der Waals surface area contributed by atoms with Gasteiger partial charge in [-0.2, -0.15) is 0 Å². The zero-order valence-electron chi connectivity index (χ0n) is 15.0. The Morgan fingerprint density at radius 1 is 1.04 bits per heavy atom. The average Bonchev–Trinajstić information content (AvgIpc) is 2.55. The quantitative estimate of drug-likeness (QED) is 0.379. The summed E-state index contributed by atoms with van der Waals surface area (Å²) < 4.78 is 10.7. The predicted molar refractivity (Wildman–Crippen MR) is 94.8 cm³/mol. The van der Waals surface area contributed by atoms with Crippen LogP contribution in [0.3, 0.4) is 0 Å². The molecule has 0 spiro atoms. The molecule has 3 heteroatoms. The predicted octanol–water partition coefficient (Wildman–Crippen LogP) is 5.45. The number of carbonyl (C=O) groups is 1. The normalized spacial score (nSPS) is 12.0. The van der Waals surface area contributed by atoms with Gasteiger partial charge in [-0.15, -0.1) is 0 Å². The molecule has 0 aliphatic carbocycles. The molecule has 1 unspecified atom stereocenters. The van der Waals surface area contributed by atoms with E-state index in [-0.39, 0.29) is 5.97 Å². The van der Waals surface area contributed by atoms with Crippen molar-refractivity contribution in [1.82, 2.24) is 0 Å². The monoisotopic (exact) mass is 320 g/mol. The van der Waals surface area contributed by atoms with Crippen molar-refractivity contribution in [3.8, 4) is 5.75 Å². The first kappa shape index (κ1) is 19.5. The fourth-order valence-corrected chi connectivity index (χ4v) is 2.67. The zero-order chi connectivity index (χ0) is 16.9. The van der Waals surface area contributed by atoms with Crippen LogP contribution in [0.1, 0.15) is 70.3 Å². The largest absolute Gasteiger partial charge is 0.479 e. The van der Waals surface area contributed by atoms with E-state index in [0.29, 0.717) is 0 Å². The van der Waals surface area contributed by atoms with Crippen molar-refractivity contribution in [2.24, 2.45) is 0 Å². The Labute approximate surface area is 141 Å². The third-order valence-corrected chi connectivity index (χ3v) is 4.05. The molecule has 0 aromatic heterocycles. The van der Waals surface area contributed by atoms with Crippen molar-refractivity contribution in [3.63, 3.8) is 0 Å². The number of unbranched alkanes of at least 4 members (excludes halogenated alkanes) is 7. The second-order valence-electron chi connectivity index (χ2n) is 6.21. The molecule has 1 rings (SSSR count). The highest BCUT2D eigenvalue weighted by Gasteiger charge is 2.20. The van der Waals surface area contributed by atoms with Crippen molar-refractivity contribution in [2.45, 2.75) is 77.7 Å². The Kier molecular flexibility index (Phi) is 10.2. The Morgan fingerprint density at radius 2 is 1.70 bits per heavy atom. The number of ether oxygens (including phenoxy) is 2. The summed E-state index contributed by atoms with van der Waals surface area (Å²) in [5.74, 6) is 0.453. The van der Waals surface area contributed by atoms with E-state index in [1.54, 1.807) is 0 Å². The van der Waals surface area contributed by atoms with Crippen molar-refractivity contribution >= 4 is 5.97 Å². The molecular weight excluding hydrogens is 288 g/mol. The minimum absolute atomic E-state index is 0.283. The molecule has 0 saturated heterocycles. The van der Waals surface area contributed by atoms with Gasteiger partial charge in [0.2, 0.25) is 0 Å². The lowest BCUT2D eigenvalue weighted by Gasteiger charge is -2.17. The van der Waals surface area contributed by atoms with Gasteiger partial charge in [0.15, 0.2) is 6.10 Å². The first-order chi connectivity index (χ1) is 11.2. The fraction of sp³-hybridized carbons (Fsp3) is 0.650. The van der Waals surface area contributed by atoms with Crippen molar-refractivity contribution in [1.29, 1.82) is 0 Å². The van der Waals surface area contributed by atoms with Crippen LogP contribution in [0.5, 0.6) is 5.75 Å². The summed E-state index contributed by atoms with van der Waals surface area (Å²) >= 11 is 0. The van der Waals surface area contributed by atoms with E-state index in [4.69, 9.17) is 9.47 Å². The van der Waals surface area contributed by atoms with Gasteiger partial charge < -0.3 is 9.47 Å². The van der Waals surface area contributed by atoms with Crippen LogP contribution in [0, 0.1) is 6.92 Å². The van der Waals surface area contributed by atoms with Gasteiger partial charge in [0, 0.05) is 0 Å². The second kappa shape index (κ2) is 12.0. The third-order valence-electron chi connectivity index (χ3n) is 4.05. The molecule has 0 N–H and O–H groups in total. The Morgan fingerprint density at radius 3 is 2.30 bits per heavy atom. The smallest absolute Gasteiger partial charge is 0.347 e. The number of rotatable bonds is 12. The molecule has 1 aromatic carbocycles. The van der Waals surface area contributed by atoms with Gasteiger partial charge in [0.25, 0.3) is 0 Å². The summed E-state index contributed by atoms with van der Waals surface area (Å²) in [5.41, 5.74) is 1.12. The molecule has 0 radical (unpaired) electrons. The van der Waals surface area contributed by atoms with Crippen LogP contribution in [0.15, 0.2) is 24.3 Å². The lowest BCUT2D eigenvalue weighted by Crippen LogP contribution is -2.28. The highest BCUT2D eigenvalue weighted by atomic mass is 16.6. The topological polar surface area (TPSA) is 35.5 Å². The standard InChI is InChI=1S/C20H32O3/c1-4-5-6-7-8-9-10-11-15-19(20(21)22-3)23-18-14-12-13-17(2)16-18/h12-14,16,19H,4-11,15H2,1-3H3. The zero-order valence-corrected chi connectivity index (χ0v) is 15.0. The number of benzene rings is 1. The van der Waals surface area contributed by atoms with Crippen LogP contribution in [0.2, 0.25) is 0 Å². The molecule has 0 aliphatic heterocycles. The molecule has 23 heavy (non-hydrogen) atoms. The number of hydrogen-bond donors (Lipinski definition) is 0. The van der Waals surface area contributed by atoms with E-state index in [0.717, 1.165) is 30.6 Å². The van der Waals surface area contributed by atoms with E-state index >= 15 is 0 Å². The van der Waals surface area contributed by atoms with Crippen LogP contribution in [0.25, 0.3) is 0 Å². The molecule has 0 heterocycles. The van der Waals surface area contributed by atoms with Gasteiger partial charge in [-0.05, 0) is 37.5 Å². The van der Waals surface area contributed by atoms with Crippen molar-refractivity contribution < 1.29 is 14.3 Å². The summed E-state index contributed by atoms with van der Waals surface area (Å²) in [5, 5.41) is 0. The van der Waals surface area contributed by atoms with Crippen LogP contribution in [0.4, 0.5) is 0 Å². The second-order valence-corrected chi connectivity index (χ2v) is 6.21. The minimum Gasteiger partial charge on any atom is -0.479 e. The number of carbonyl (C=O) groups excluding carboxylic acids is 1. The Balaban J connectivity index is 2.31. The van der Waals surface area contributed by atoms with Gasteiger partial charge in [-0.25, -0.2) is 4.79 Å². The Hall–Kier alpha value is -1.51. The summed E-state index contributed by atoms with van der Waals surface area (Å²) in [6.45, 7) is 4.25. The number of esters is 1. The Bertz CT molecular complexity index is 442. The maximum Gasteiger partial charge on any atom is 0.347 e. The molecule has 3 nitrogen and oxygen atoms in total. The fourth-order valence-electron chi connectivity index (χ4n) is 2.67. The summed E-state index contributed by atoms with van der Waals surface area (Å²) in [6.07, 6.45) is 10.2. The van der Waals surface area contributed by atoms with Gasteiger partial charge in [-0.1, -0.05) is 64.0 Å². The summed E-state index contributed by atoms with van der Waals surface area (Å²) in [4.78, 5) is 11.9. The van der Waals surface area contributed by atoms with Crippen LogP contribution < -0.4 is 4.74 Å². The van der Waals surface area contributed by atoms with Crippen molar-refractivity contribution in [2.75, 3.05) is 7.11 Å². The van der Waals surface area contributed by atoms with Crippen LogP contribution in [-0.4, -0.2) is 19.2 Å². The molecular formula is C20H32O3. The van der Waals surface area contributed by atoms with E-state index in [2.05, 4.69) is 6.92 Å².